The topological polar surface area (TPSA) is 59.2 Å². The average Bonchev–Trinajstić information content (AvgIpc) is 3.30. The number of carbonyl (C=O) groups is 1. The number of imidazole rings is 1. The molecule has 7 heteroatoms. The zero-order valence-corrected chi connectivity index (χ0v) is 13.4. The smallest absolute Gasteiger partial charge is 0.320 e. The lowest BCUT2D eigenvalue weighted by Gasteiger charge is -2.36. The summed E-state index contributed by atoms with van der Waals surface area (Å²) in [4.78, 5) is 21.2. The minimum absolute atomic E-state index is 0.0169. The van der Waals surface area contributed by atoms with E-state index in [1.54, 1.807) is 6.20 Å². The minimum atomic E-state index is 0.0169. The Labute approximate surface area is 135 Å². The van der Waals surface area contributed by atoms with Crippen LogP contribution in [0.2, 0.25) is 0 Å². The van der Waals surface area contributed by atoms with Crippen molar-refractivity contribution in [3.05, 3.63) is 36.2 Å². The predicted molar refractivity (Wildman–Crippen MR) is 84.9 cm³/mol. The van der Waals surface area contributed by atoms with Crippen molar-refractivity contribution >= 4 is 6.03 Å². The van der Waals surface area contributed by atoms with E-state index in [0.29, 0.717) is 6.54 Å². The Hall–Kier alpha value is -2.31. The van der Waals surface area contributed by atoms with Gasteiger partial charge in [0.2, 0.25) is 0 Å². The van der Waals surface area contributed by atoms with Crippen LogP contribution in [-0.2, 0) is 13.1 Å². The molecule has 2 aromatic rings. The molecule has 23 heavy (non-hydrogen) atoms. The highest BCUT2D eigenvalue weighted by Crippen LogP contribution is 2.27. The van der Waals surface area contributed by atoms with Crippen LogP contribution in [0.15, 0.2) is 24.7 Å². The molecular formula is C16H22N6O. The van der Waals surface area contributed by atoms with Gasteiger partial charge in [-0.05, 0) is 25.8 Å². The standard InChI is InChI=1S/C16H22N6O/c1-13-15-17-11-14(12-20-8-4-5-18-20)22(15)10-9-21(13)16(23)19-6-2-3-7-19/h4-5,8,11,13H,2-3,6-7,9-10,12H2,1H3. The molecule has 4 heterocycles. The zero-order chi connectivity index (χ0) is 15.8. The molecule has 0 N–H and O–H groups in total. The molecular weight excluding hydrogens is 292 g/mol. The molecule has 1 fully saturated rings. The molecule has 1 unspecified atom stereocenters. The number of urea groups is 1. The second-order valence-corrected chi connectivity index (χ2v) is 6.31. The number of hydrogen-bond acceptors (Lipinski definition) is 3. The number of hydrogen-bond donors (Lipinski definition) is 0. The largest absolute Gasteiger partial charge is 0.327 e. The fourth-order valence-electron chi connectivity index (χ4n) is 3.60. The average molecular weight is 314 g/mol. The molecule has 4 rings (SSSR count). The van der Waals surface area contributed by atoms with Gasteiger partial charge >= 0.3 is 6.03 Å². The summed E-state index contributed by atoms with van der Waals surface area (Å²) in [5.41, 5.74) is 1.14. The van der Waals surface area contributed by atoms with Crippen LogP contribution in [-0.4, -0.2) is 54.8 Å². The Morgan fingerprint density at radius 3 is 2.83 bits per heavy atom. The van der Waals surface area contributed by atoms with Gasteiger partial charge in [-0.25, -0.2) is 9.78 Å². The maximum absolute atomic E-state index is 12.7. The maximum atomic E-state index is 12.7. The Morgan fingerprint density at radius 2 is 2.09 bits per heavy atom. The van der Waals surface area contributed by atoms with E-state index in [2.05, 4.69) is 21.6 Å². The van der Waals surface area contributed by atoms with Crippen molar-refractivity contribution < 1.29 is 4.79 Å². The van der Waals surface area contributed by atoms with Crippen LogP contribution in [0.1, 0.15) is 37.3 Å². The first-order valence-electron chi connectivity index (χ1n) is 8.31. The van der Waals surface area contributed by atoms with E-state index >= 15 is 0 Å². The van der Waals surface area contributed by atoms with Crippen LogP contribution in [0.4, 0.5) is 4.79 Å². The molecule has 1 saturated heterocycles. The van der Waals surface area contributed by atoms with Gasteiger partial charge in [-0.1, -0.05) is 0 Å². The van der Waals surface area contributed by atoms with Crippen molar-refractivity contribution in [3.8, 4) is 0 Å². The number of nitrogens with zero attached hydrogens (tertiary/aromatic N) is 6. The summed E-state index contributed by atoms with van der Waals surface area (Å²) >= 11 is 0. The summed E-state index contributed by atoms with van der Waals surface area (Å²) in [6.07, 6.45) is 7.90. The third-order valence-corrected chi connectivity index (χ3v) is 4.88. The Bertz CT molecular complexity index is 685. The molecule has 0 aromatic carbocycles. The third kappa shape index (κ3) is 2.50. The summed E-state index contributed by atoms with van der Waals surface area (Å²) in [5, 5.41) is 4.26. The van der Waals surface area contributed by atoms with Gasteiger partial charge in [0.1, 0.15) is 5.82 Å². The molecule has 0 bridgehead atoms. The van der Waals surface area contributed by atoms with Crippen LogP contribution in [0, 0.1) is 0 Å². The fourth-order valence-corrected chi connectivity index (χ4v) is 3.60. The van der Waals surface area contributed by atoms with Crippen molar-refractivity contribution in [2.45, 2.75) is 38.9 Å². The number of likely N-dealkylation sites (tertiary alicyclic amines) is 1. The maximum Gasteiger partial charge on any atom is 0.320 e. The fraction of sp³-hybridized carbons (Fsp3) is 0.562. The van der Waals surface area contributed by atoms with Crippen LogP contribution in [0.25, 0.3) is 0 Å². The summed E-state index contributed by atoms with van der Waals surface area (Å²) < 4.78 is 4.14. The lowest BCUT2D eigenvalue weighted by Crippen LogP contribution is -2.47. The SMILES string of the molecule is CC1c2ncc(Cn3cccn3)n2CCN1C(=O)N1CCCC1. The van der Waals surface area contributed by atoms with E-state index in [-0.39, 0.29) is 12.1 Å². The van der Waals surface area contributed by atoms with Gasteiger partial charge in [-0.2, -0.15) is 5.10 Å². The minimum Gasteiger partial charge on any atom is -0.327 e. The first-order valence-corrected chi connectivity index (χ1v) is 8.31. The lowest BCUT2D eigenvalue weighted by atomic mass is 10.2. The zero-order valence-electron chi connectivity index (χ0n) is 13.4. The Kier molecular flexibility index (Phi) is 3.55. The molecule has 0 spiro atoms. The number of fused-ring (bicyclic) bond motifs is 1. The van der Waals surface area contributed by atoms with Crippen molar-refractivity contribution in [3.63, 3.8) is 0 Å². The van der Waals surface area contributed by atoms with Crippen molar-refractivity contribution in [1.82, 2.24) is 29.1 Å². The Morgan fingerprint density at radius 1 is 1.26 bits per heavy atom. The van der Waals surface area contributed by atoms with Crippen LogP contribution < -0.4 is 0 Å². The molecule has 2 aromatic heterocycles. The second kappa shape index (κ2) is 5.72. The normalized spacial score (nSPS) is 20.8. The molecule has 2 aliphatic rings. The molecule has 0 aliphatic carbocycles. The van der Waals surface area contributed by atoms with E-state index in [0.717, 1.165) is 50.5 Å². The first-order chi connectivity index (χ1) is 11.2. The molecule has 2 aliphatic heterocycles. The van der Waals surface area contributed by atoms with E-state index < -0.39 is 0 Å². The van der Waals surface area contributed by atoms with Crippen molar-refractivity contribution in [1.29, 1.82) is 0 Å². The summed E-state index contributed by atoms with van der Waals surface area (Å²) in [5.74, 6) is 0.978. The van der Waals surface area contributed by atoms with Gasteiger partial charge < -0.3 is 14.4 Å². The first kappa shape index (κ1) is 14.3. The highest BCUT2D eigenvalue weighted by molar-refractivity contribution is 5.75. The molecule has 0 radical (unpaired) electrons. The van der Waals surface area contributed by atoms with E-state index in [1.165, 1.54) is 0 Å². The molecule has 7 nitrogen and oxygen atoms in total. The number of aromatic nitrogens is 4. The van der Waals surface area contributed by atoms with Crippen LogP contribution in [0.3, 0.4) is 0 Å². The van der Waals surface area contributed by atoms with Gasteiger partial charge in [-0.3, -0.25) is 4.68 Å². The van der Waals surface area contributed by atoms with Crippen LogP contribution >= 0.6 is 0 Å². The highest BCUT2D eigenvalue weighted by atomic mass is 16.2. The third-order valence-electron chi connectivity index (χ3n) is 4.88. The van der Waals surface area contributed by atoms with E-state index in [9.17, 15) is 4.79 Å². The highest BCUT2D eigenvalue weighted by Gasteiger charge is 2.33. The lowest BCUT2D eigenvalue weighted by molar-refractivity contribution is 0.129. The van der Waals surface area contributed by atoms with Gasteiger partial charge in [0.25, 0.3) is 0 Å². The predicted octanol–water partition coefficient (Wildman–Crippen LogP) is 1.72. The number of carbonyl (C=O) groups excluding carboxylic acids is 1. The van der Waals surface area contributed by atoms with Gasteiger partial charge in [0.15, 0.2) is 0 Å². The quantitative estimate of drug-likeness (QED) is 0.848. The molecule has 2 amide bonds. The summed E-state index contributed by atoms with van der Waals surface area (Å²) in [6, 6.07) is 2.10. The van der Waals surface area contributed by atoms with Crippen LogP contribution in [0.5, 0.6) is 0 Å². The number of amides is 2. The second-order valence-electron chi connectivity index (χ2n) is 6.31. The number of rotatable bonds is 2. The van der Waals surface area contributed by atoms with E-state index in [4.69, 9.17) is 0 Å². The molecule has 1 atom stereocenters. The van der Waals surface area contributed by atoms with Gasteiger partial charge in [0, 0.05) is 38.6 Å². The Balaban J connectivity index is 1.54. The van der Waals surface area contributed by atoms with Gasteiger partial charge in [-0.15, -0.1) is 0 Å². The summed E-state index contributed by atoms with van der Waals surface area (Å²) in [6.45, 7) is 6.11. The summed E-state index contributed by atoms with van der Waals surface area (Å²) in [7, 11) is 0. The monoisotopic (exact) mass is 314 g/mol. The molecule has 0 saturated carbocycles. The van der Waals surface area contributed by atoms with Crippen molar-refractivity contribution in [2.75, 3.05) is 19.6 Å². The van der Waals surface area contributed by atoms with Gasteiger partial charge in [0.05, 0.1) is 24.5 Å². The van der Waals surface area contributed by atoms with Crippen molar-refractivity contribution in [2.24, 2.45) is 0 Å². The molecule has 122 valence electrons. The van der Waals surface area contributed by atoms with E-state index in [1.807, 2.05) is 32.9 Å².